The van der Waals surface area contributed by atoms with Crippen LogP contribution in [0.4, 0.5) is 10.5 Å². The number of carbonyl (C=O) groups is 2. The average Bonchev–Trinajstić information content (AvgIpc) is 3.20. The number of amides is 2. The van der Waals surface area contributed by atoms with Gasteiger partial charge in [-0.05, 0) is 49.6 Å². The fourth-order valence-corrected chi connectivity index (χ4v) is 3.67. The summed E-state index contributed by atoms with van der Waals surface area (Å²) in [5.74, 6) is -0.0868. The zero-order valence-electron chi connectivity index (χ0n) is 19.2. The van der Waals surface area contributed by atoms with E-state index in [0.29, 0.717) is 23.6 Å². The van der Waals surface area contributed by atoms with Gasteiger partial charge in [0.2, 0.25) is 0 Å². The Labute approximate surface area is 193 Å². The highest BCUT2D eigenvalue weighted by molar-refractivity contribution is 5.99. The van der Waals surface area contributed by atoms with Crippen LogP contribution in [0.2, 0.25) is 0 Å². The van der Waals surface area contributed by atoms with Crippen molar-refractivity contribution in [1.82, 2.24) is 20.3 Å². The third-order valence-electron chi connectivity index (χ3n) is 5.61. The molecule has 8 nitrogen and oxygen atoms in total. The molecule has 1 aromatic carbocycles. The summed E-state index contributed by atoms with van der Waals surface area (Å²) in [6.45, 7) is 8.47. The monoisotopic (exact) mass is 445 g/mol. The van der Waals surface area contributed by atoms with Gasteiger partial charge in [0.15, 0.2) is 0 Å². The maximum Gasteiger partial charge on any atom is 0.414 e. The Kier molecular flexibility index (Phi) is 6.35. The Morgan fingerprint density at radius 3 is 2.61 bits per heavy atom. The van der Waals surface area contributed by atoms with E-state index in [0.717, 1.165) is 22.5 Å². The number of carbonyl (C=O) groups excluding carboxylic acids is 2. The number of benzene rings is 1. The molecule has 0 bridgehead atoms. The quantitative estimate of drug-likeness (QED) is 0.614. The van der Waals surface area contributed by atoms with Crippen molar-refractivity contribution in [3.63, 3.8) is 0 Å². The molecule has 0 radical (unpaired) electrons. The summed E-state index contributed by atoms with van der Waals surface area (Å²) in [5, 5.41) is 2.89. The molecule has 0 spiro atoms. The van der Waals surface area contributed by atoms with E-state index < -0.39 is 6.09 Å². The predicted octanol–water partition coefficient (Wildman–Crippen LogP) is 4.07. The summed E-state index contributed by atoms with van der Waals surface area (Å²) in [6.07, 6.45) is 4.66. The standard InChI is InChI=1S/C25H27N5O3/c1-15(2)23-14-33-25(32)30(23)21-8-18(22-6-5-16(3)10-28-22)7-19(9-21)24(31)29-13-20-12-26-17(4)11-27-20/h5-12,15,23H,13-14H2,1-4H3,(H,29,31)/t23-/m0/s1. The van der Waals surface area contributed by atoms with Crippen molar-refractivity contribution in [3.05, 3.63) is 71.4 Å². The smallest absolute Gasteiger partial charge is 0.414 e. The van der Waals surface area contributed by atoms with Crippen LogP contribution in [-0.2, 0) is 11.3 Å². The van der Waals surface area contributed by atoms with Gasteiger partial charge >= 0.3 is 6.09 Å². The zero-order chi connectivity index (χ0) is 23.5. The van der Waals surface area contributed by atoms with E-state index in [4.69, 9.17) is 4.74 Å². The van der Waals surface area contributed by atoms with Gasteiger partial charge in [-0.2, -0.15) is 0 Å². The molecule has 0 saturated carbocycles. The molecule has 2 amide bonds. The molecule has 2 aromatic heterocycles. The molecule has 1 aliphatic heterocycles. The van der Waals surface area contributed by atoms with Crippen molar-refractivity contribution in [1.29, 1.82) is 0 Å². The minimum atomic E-state index is -0.413. The van der Waals surface area contributed by atoms with Gasteiger partial charge in [-0.25, -0.2) is 4.79 Å². The van der Waals surface area contributed by atoms with Crippen LogP contribution < -0.4 is 10.2 Å². The van der Waals surface area contributed by atoms with Gasteiger partial charge in [-0.15, -0.1) is 0 Å². The molecule has 1 N–H and O–H groups in total. The van der Waals surface area contributed by atoms with Gasteiger partial charge in [-0.1, -0.05) is 19.9 Å². The summed E-state index contributed by atoms with van der Waals surface area (Å²) < 4.78 is 5.33. The number of hydrogen-bond acceptors (Lipinski definition) is 6. The molecule has 33 heavy (non-hydrogen) atoms. The number of aromatic nitrogens is 3. The molecule has 0 aliphatic carbocycles. The molecule has 1 aliphatic rings. The maximum absolute atomic E-state index is 13.1. The highest BCUT2D eigenvalue weighted by Crippen LogP contribution is 2.32. The Bertz CT molecular complexity index is 1160. The van der Waals surface area contributed by atoms with Crippen molar-refractivity contribution in [3.8, 4) is 11.3 Å². The molecule has 1 atom stereocenters. The Morgan fingerprint density at radius 1 is 1.12 bits per heavy atom. The lowest BCUT2D eigenvalue weighted by Crippen LogP contribution is -2.37. The van der Waals surface area contributed by atoms with E-state index >= 15 is 0 Å². The fourth-order valence-electron chi connectivity index (χ4n) is 3.67. The number of anilines is 1. The second-order valence-corrected chi connectivity index (χ2v) is 8.58. The lowest BCUT2D eigenvalue weighted by molar-refractivity contribution is 0.0950. The normalized spacial score (nSPS) is 15.6. The van der Waals surface area contributed by atoms with E-state index in [1.54, 1.807) is 35.6 Å². The number of cyclic esters (lactones) is 1. The molecule has 1 fully saturated rings. The average molecular weight is 446 g/mol. The number of ether oxygens (including phenoxy) is 1. The Morgan fingerprint density at radius 2 is 1.94 bits per heavy atom. The van der Waals surface area contributed by atoms with Crippen molar-refractivity contribution in [2.45, 2.75) is 40.3 Å². The largest absolute Gasteiger partial charge is 0.447 e. The number of nitrogens with one attached hydrogen (secondary N) is 1. The predicted molar refractivity (Wildman–Crippen MR) is 125 cm³/mol. The first kappa shape index (κ1) is 22.4. The van der Waals surface area contributed by atoms with Crippen LogP contribution in [0.25, 0.3) is 11.3 Å². The van der Waals surface area contributed by atoms with Crippen molar-refractivity contribution >= 4 is 17.7 Å². The third kappa shape index (κ3) is 5.00. The van der Waals surface area contributed by atoms with Gasteiger partial charge in [0.25, 0.3) is 5.91 Å². The van der Waals surface area contributed by atoms with Crippen LogP contribution in [-0.4, -0.2) is 39.6 Å². The second-order valence-electron chi connectivity index (χ2n) is 8.58. The Balaban J connectivity index is 1.69. The molecule has 3 heterocycles. The van der Waals surface area contributed by atoms with Gasteiger partial charge < -0.3 is 10.1 Å². The van der Waals surface area contributed by atoms with Gasteiger partial charge in [0, 0.05) is 29.2 Å². The number of rotatable bonds is 6. The van der Waals surface area contributed by atoms with Crippen molar-refractivity contribution in [2.75, 3.05) is 11.5 Å². The highest BCUT2D eigenvalue weighted by atomic mass is 16.6. The molecular weight excluding hydrogens is 418 g/mol. The molecule has 8 heteroatoms. The van der Waals surface area contributed by atoms with E-state index in [1.807, 2.05) is 45.9 Å². The number of aryl methyl sites for hydroxylation is 2. The minimum Gasteiger partial charge on any atom is -0.447 e. The molecule has 0 unspecified atom stereocenters. The van der Waals surface area contributed by atoms with Gasteiger partial charge in [0.1, 0.15) is 6.61 Å². The van der Waals surface area contributed by atoms with E-state index in [2.05, 4.69) is 20.3 Å². The maximum atomic E-state index is 13.1. The third-order valence-corrected chi connectivity index (χ3v) is 5.61. The van der Waals surface area contributed by atoms with E-state index in [-0.39, 0.29) is 24.4 Å². The Hall–Kier alpha value is -3.81. The van der Waals surface area contributed by atoms with Crippen molar-refractivity contribution < 1.29 is 14.3 Å². The summed E-state index contributed by atoms with van der Waals surface area (Å²) >= 11 is 0. The lowest BCUT2D eigenvalue weighted by atomic mass is 10.0. The van der Waals surface area contributed by atoms with E-state index in [1.165, 1.54) is 0 Å². The van der Waals surface area contributed by atoms with Gasteiger partial charge in [0.05, 0.1) is 35.9 Å². The van der Waals surface area contributed by atoms with Crippen LogP contribution in [0, 0.1) is 19.8 Å². The first-order chi connectivity index (χ1) is 15.8. The van der Waals surface area contributed by atoms with E-state index in [9.17, 15) is 9.59 Å². The SMILES string of the molecule is Cc1ccc(-c2cc(C(=O)NCc3cnc(C)cn3)cc(N3C(=O)OC[C@H]3C(C)C)c2)nc1. The molecule has 3 aromatic rings. The molecule has 4 rings (SSSR count). The number of nitrogens with zero attached hydrogens (tertiary/aromatic N) is 4. The fraction of sp³-hybridized carbons (Fsp3) is 0.320. The van der Waals surface area contributed by atoms with Crippen LogP contribution in [0.5, 0.6) is 0 Å². The lowest BCUT2D eigenvalue weighted by Gasteiger charge is -2.25. The van der Waals surface area contributed by atoms with Crippen LogP contribution in [0.15, 0.2) is 48.9 Å². The second kappa shape index (κ2) is 9.36. The molecule has 1 saturated heterocycles. The highest BCUT2D eigenvalue weighted by Gasteiger charge is 2.36. The summed E-state index contributed by atoms with van der Waals surface area (Å²) in [4.78, 5) is 40.3. The zero-order valence-corrected chi connectivity index (χ0v) is 19.2. The first-order valence-corrected chi connectivity index (χ1v) is 10.9. The topological polar surface area (TPSA) is 97.3 Å². The minimum absolute atomic E-state index is 0.113. The van der Waals surface area contributed by atoms with Gasteiger partial charge in [-0.3, -0.25) is 24.6 Å². The summed E-state index contributed by atoms with van der Waals surface area (Å²) in [5.41, 5.74) is 5.00. The molecule has 170 valence electrons. The number of pyridine rings is 1. The summed E-state index contributed by atoms with van der Waals surface area (Å²) in [7, 11) is 0. The number of hydrogen-bond donors (Lipinski definition) is 1. The first-order valence-electron chi connectivity index (χ1n) is 10.9. The van der Waals surface area contributed by atoms with Crippen LogP contribution in [0.1, 0.15) is 41.2 Å². The van der Waals surface area contributed by atoms with Crippen LogP contribution >= 0.6 is 0 Å². The summed E-state index contributed by atoms with van der Waals surface area (Å²) in [6, 6.07) is 9.13. The molecular formula is C25H27N5O3. The van der Waals surface area contributed by atoms with Crippen molar-refractivity contribution in [2.24, 2.45) is 5.92 Å². The van der Waals surface area contributed by atoms with Crippen LogP contribution in [0.3, 0.4) is 0 Å².